The maximum Gasteiger partial charge on any atom is 0.163 e. The normalized spacial score (nSPS) is 17.2. The minimum atomic E-state index is 0.292. The van der Waals surface area contributed by atoms with Gasteiger partial charge in [0.25, 0.3) is 0 Å². The summed E-state index contributed by atoms with van der Waals surface area (Å²) >= 11 is 9.88. The molecule has 2 aromatic heterocycles. The van der Waals surface area contributed by atoms with E-state index in [1.807, 2.05) is 0 Å². The number of nitrogen functional groups attached to an aromatic ring is 2. The second-order valence-corrected chi connectivity index (χ2v) is 10.7. The minimum Gasteiger partial charge on any atom is -0.382 e. The smallest absolute Gasteiger partial charge is 0.163 e. The molecule has 1 spiro atoms. The van der Waals surface area contributed by atoms with Crippen LogP contribution >= 0.6 is 46.0 Å². The van der Waals surface area contributed by atoms with Crippen molar-refractivity contribution in [3.05, 3.63) is 56.4 Å². The van der Waals surface area contributed by atoms with Gasteiger partial charge in [0.1, 0.15) is 14.5 Å². The summed E-state index contributed by atoms with van der Waals surface area (Å²) in [6.07, 6.45) is 6.31. The van der Waals surface area contributed by atoms with Gasteiger partial charge in [0, 0.05) is 24.2 Å². The van der Waals surface area contributed by atoms with E-state index in [1.165, 1.54) is 35.7 Å². The molecule has 5 rings (SSSR count). The van der Waals surface area contributed by atoms with Gasteiger partial charge in [0.2, 0.25) is 0 Å². The van der Waals surface area contributed by atoms with E-state index in [0.29, 0.717) is 27.1 Å². The van der Waals surface area contributed by atoms with Crippen LogP contribution in [-0.2, 0) is 12.8 Å². The van der Waals surface area contributed by atoms with Gasteiger partial charge in [-0.1, -0.05) is 47.6 Å². The van der Waals surface area contributed by atoms with E-state index in [2.05, 4.69) is 56.7 Å². The van der Waals surface area contributed by atoms with E-state index < -0.39 is 0 Å². The van der Waals surface area contributed by atoms with Crippen molar-refractivity contribution in [3.8, 4) is 0 Å². The Morgan fingerprint density at radius 2 is 1.68 bits per heavy atom. The van der Waals surface area contributed by atoms with Crippen molar-refractivity contribution in [1.29, 1.82) is 0 Å². The molecule has 9 heteroatoms. The zero-order chi connectivity index (χ0) is 21.6. The van der Waals surface area contributed by atoms with Crippen LogP contribution in [0.1, 0.15) is 24.0 Å². The predicted molar refractivity (Wildman–Crippen MR) is 135 cm³/mol. The van der Waals surface area contributed by atoms with Gasteiger partial charge in [-0.2, -0.15) is 0 Å². The Morgan fingerprint density at radius 3 is 2.35 bits per heavy atom. The van der Waals surface area contributed by atoms with Gasteiger partial charge in [-0.05, 0) is 70.9 Å². The number of hydrogen-bond acceptors (Lipinski definition) is 7. The maximum absolute atomic E-state index is 6.29. The van der Waals surface area contributed by atoms with Gasteiger partial charge >= 0.3 is 0 Å². The highest BCUT2D eigenvalue weighted by Gasteiger charge is 2.40. The topological polar surface area (TPSA) is 94.0 Å². The van der Waals surface area contributed by atoms with Gasteiger partial charge in [-0.15, -0.1) is 0 Å². The summed E-state index contributed by atoms with van der Waals surface area (Å²) < 4.78 is 0.845. The van der Waals surface area contributed by atoms with Gasteiger partial charge < -0.3 is 16.4 Å². The van der Waals surface area contributed by atoms with Crippen LogP contribution in [0.5, 0.6) is 0 Å². The molecule has 0 amide bonds. The molecule has 1 aromatic carbocycles. The number of nitrogens with zero attached hydrogens (tertiary/aromatic N) is 4. The molecule has 1 aliphatic carbocycles. The Labute approximate surface area is 204 Å². The number of hydrogen-bond donors (Lipinski definition) is 2. The lowest BCUT2D eigenvalue weighted by Crippen LogP contribution is -2.41. The highest BCUT2D eigenvalue weighted by atomic mass is 127. The van der Waals surface area contributed by atoms with Crippen LogP contribution in [0.2, 0.25) is 5.02 Å². The Bertz CT molecular complexity index is 1120. The van der Waals surface area contributed by atoms with Crippen molar-refractivity contribution >= 4 is 63.4 Å². The SMILES string of the molecule is Nc1nc(N2CCC3(CC2)Cc2ccccc2C3)c(I)nc1Sc1ccnc(N)c1Cl. The van der Waals surface area contributed by atoms with Crippen molar-refractivity contribution in [3.63, 3.8) is 0 Å². The lowest BCUT2D eigenvalue weighted by atomic mass is 9.76. The van der Waals surface area contributed by atoms with Crippen molar-refractivity contribution in [2.24, 2.45) is 5.41 Å². The number of aromatic nitrogens is 3. The summed E-state index contributed by atoms with van der Waals surface area (Å²) in [5, 5.41) is 1.03. The molecule has 0 saturated carbocycles. The molecule has 2 aliphatic rings. The average molecular weight is 565 g/mol. The first-order valence-electron chi connectivity index (χ1n) is 10.2. The highest BCUT2D eigenvalue weighted by molar-refractivity contribution is 14.1. The summed E-state index contributed by atoms with van der Waals surface area (Å²) in [5.74, 6) is 1.56. The third-order valence-corrected chi connectivity index (χ3v) is 8.58. The van der Waals surface area contributed by atoms with Crippen molar-refractivity contribution in [2.45, 2.75) is 35.6 Å². The summed E-state index contributed by atoms with van der Waals surface area (Å²) in [6.45, 7) is 1.94. The molecule has 1 aliphatic heterocycles. The number of fused-ring (bicyclic) bond motifs is 1. The predicted octanol–water partition coefficient (Wildman–Crippen LogP) is 4.83. The molecule has 0 unspecified atom stereocenters. The monoisotopic (exact) mass is 564 g/mol. The largest absolute Gasteiger partial charge is 0.382 e. The second-order valence-electron chi connectivity index (χ2n) is 8.25. The Balaban J connectivity index is 1.32. The Morgan fingerprint density at radius 1 is 1.00 bits per heavy atom. The zero-order valence-electron chi connectivity index (χ0n) is 16.8. The summed E-state index contributed by atoms with van der Waals surface area (Å²) in [4.78, 5) is 16.5. The summed E-state index contributed by atoms with van der Waals surface area (Å²) in [7, 11) is 0. The molecule has 0 bridgehead atoms. The average Bonchev–Trinajstić information content (AvgIpc) is 3.12. The molecule has 0 radical (unpaired) electrons. The molecule has 6 nitrogen and oxygen atoms in total. The van der Waals surface area contributed by atoms with Gasteiger partial charge in [0.05, 0.1) is 5.02 Å². The maximum atomic E-state index is 6.29. The van der Waals surface area contributed by atoms with Gasteiger partial charge in [0.15, 0.2) is 11.6 Å². The number of piperidine rings is 1. The number of benzene rings is 1. The number of pyridine rings is 1. The molecule has 3 aromatic rings. The van der Waals surface area contributed by atoms with Crippen LogP contribution in [0, 0.1) is 9.12 Å². The van der Waals surface area contributed by atoms with Crippen LogP contribution < -0.4 is 16.4 Å². The highest BCUT2D eigenvalue weighted by Crippen LogP contribution is 2.45. The molecule has 160 valence electrons. The van der Waals surface area contributed by atoms with E-state index in [1.54, 1.807) is 12.3 Å². The molecule has 1 saturated heterocycles. The molecular formula is C22H22ClIN6S. The number of rotatable bonds is 3. The van der Waals surface area contributed by atoms with Gasteiger partial charge in [-0.25, -0.2) is 15.0 Å². The van der Waals surface area contributed by atoms with Crippen LogP contribution in [0.4, 0.5) is 17.5 Å². The van der Waals surface area contributed by atoms with Crippen molar-refractivity contribution in [1.82, 2.24) is 15.0 Å². The second kappa shape index (κ2) is 8.29. The molecule has 1 fully saturated rings. The van der Waals surface area contributed by atoms with E-state index in [4.69, 9.17) is 33.0 Å². The van der Waals surface area contributed by atoms with E-state index in [-0.39, 0.29) is 0 Å². The van der Waals surface area contributed by atoms with Crippen LogP contribution in [-0.4, -0.2) is 28.0 Å². The van der Waals surface area contributed by atoms with Gasteiger partial charge in [-0.3, -0.25) is 0 Å². The van der Waals surface area contributed by atoms with E-state index >= 15 is 0 Å². The standard InChI is InChI=1S/C22H22ClIN6S/c23-16-15(5-8-27-18(16)25)31-21-19(26)29-20(17(24)28-21)30-9-6-22(7-10-30)11-13-3-1-2-4-14(13)12-22/h1-5,8H,6-7,9-12H2,(H2,25,27)(H2,26,29). The molecular weight excluding hydrogens is 543 g/mol. The molecule has 4 N–H and O–H groups in total. The van der Waals surface area contributed by atoms with Crippen molar-refractivity contribution < 1.29 is 0 Å². The third-order valence-electron chi connectivity index (χ3n) is 6.29. The summed E-state index contributed by atoms with van der Waals surface area (Å²) in [5.41, 5.74) is 15.5. The zero-order valence-corrected chi connectivity index (χ0v) is 20.5. The molecule has 3 heterocycles. The number of halogens is 2. The molecule has 0 atom stereocenters. The first-order chi connectivity index (χ1) is 14.9. The third kappa shape index (κ3) is 4.05. The minimum absolute atomic E-state index is 0.292. The Hall–Kier alpha value is -1.78. The number of nitrogens with two attached hydrogens (primary N) is 2. The fraction of sp³-hybridized carbons (Fsp3) is 0.318. The van der Waals surface area contributed by atoms with E-state index in [9.17, 15) is 0 Å². The van der Waals surface area contributed by atoms with Crippen molar-refractivity contribution in [2.75, 3.05) is 29.5 Å². The van der Waals surface area contributed by atoms with Crippen LogP contribution in [0.25, 0.3) is 0 Å². The van der Waals surface area contributed by atoms with E-state index in [0.717, 1.165) is 40.3 Å². The summed E-state index contributed by atoms with van der Waals surface area (Å²) in [6, 6.07) is 10.7. The first kappa shape index (κ1) is 21.1. The quantitative estimate of drug-likeness (QED) is 0.440. The lowest BCUT2D eigenvalue weighted by molar-refractivity contribution is 0.232. The van der Waals surface area contributed by atoms with Crippen LogP contribution in [0.15, 0.2) is 46.5 Å². The molecule has 31 heavy (non-hydrogen) atoms. The lowest BCUT2D eigenvalue weighted by Gasteiger charge is -2.40. The first-order valence-corrected chi connectivity index (χ1v) is 12.4. The fourth-order valence-electron chi connectivity index (χ4n) is 4.62. The fourth-order valence-corrected chi connectivity index (χ4v) is 6.54. The Kier molecular flexibility index (Phi) is 5.64. The number of anilines is 3. The van der Waals surface area contributed by atoms with Crippen LogP contribution in [0.3, 0.4) is 0 Å².